The summed E-state index contributed by atoms with van der Waals surface area (Å²) in [6.45, 7) is 0. The molecule has 0 bridgehead atoms. The topological polar surface area (TPSA) is 114 Å². The largest absolute Gasteiger partial charge is 0.502 e. The second-order valence-corrected chi connectivity index (χ2v) is 6.01. The van der Waals surface area contributed by atoms with Crippen LogP contribution in [-0.2, 0) is 5.75 Å². The van der Waals surface area contributed by atoms with Crippen molar-refractivity contribution in [2.24, 2.45) is 15.9 Å². The minimum absolute atomic E-state index is 0.0822. The van der Waals surface area contributed by atoms with Crippen molar-refractivity contribution in [3.05, 3.63) is 68.7 Å². The summed E-state index contributed by atoms with van der Waals surface area (Å²) in [6.07, 6.45) is 1.16. The third kappa shape index (κ3) is 4.97. The zero-order valence-electron chi connectivity index (χ0n) is 12.3. The van der Waals surface area contributed by atoms with Gasteiger partial charge >= 0.3 is 5.69 Å². The van der Waals surface area contributed by atoms with E-state index >= 15 is 0 Å². The minimum Gasteiger partial charge on any atom is -0.502 e. The van der Waals surface area contributed by atoms with Gasteiger partial charge in [-0.05, 0) is 11.6 Å². The van der Waals surface area contributed by atoms with Crippen molar-refractivity contribution in [3.8, 4) is 5.75 Å². The molecule has 0 aliphatic heterocycles. The number of nitro benzene ring substituents is 1. The lowest BCUT2D eigenvalue weighted by atomic mass is 10.2. The van der Waals surface area contributed by atoms with Crippen molar-refractivity contribution in [2.75, 3.05) is 0 Å². The maximum Gasteiger partial charge on any atom is 0.312 e. The number of benzene rings is 2. The molecule has 0 heterocycles. The molecule has 7 nitrogen and oxygen atoms in total. The van der Waals surface area contributed by atoms with Gasteiger partial charge in [-0.15, -0.1) is 5.10 Å². The van der Waals surface area contributed by atoms with E-state index in [9.17, 15) is 15.2 Å². The monoisotopic (exact) mass is 364 g/mol. The highest BCUT2D eigenvalue weighted by Gasteiger charge is 2.17. The second-order valence-electron chi connectivity index (χ2n) is 4.58. The SMILES string of the molecule is NC(=NN=Cc1cc(Cl)cc([N+](=O)[O-])c1O)SCc1ccccc1. The molecule has 0 aromatic heterocycles. The predicted molar refractivity (Wildman–Crippen MR) is 96.7 cm³/mol. The van der Waals surface area contributed by atoms with Crippen LogP contribution in [0.15, 0.2) is 52.7 Å². The first-order valence-corrected chi connectivity index (χ1v) is 8.04. The highest BCUT2D eigenvalue weighted by atomic mass is 35.5. The van der Waals surface area contributed by atoms with Gasteiger partial charge in [0.15, 0.2) is 5.17 Å². The van der Waals surface area contributed by atoms with Gasteiger partial charge in [0.2, 0.25) is 5.75 Å². The summed E-state index contributed by atoms with van der Waals surface area (Å²) in [5.74, 6) is 0.110. The number of halogens is 1. The Hall–Kier alpha value is -2.58. The number of rotatable bonds is 5. The van der Waals surface area contributed by atoms with Crippen LogP contribution in [0.25, 0.3) is 0 Å². The van der Waals surface area contributed by atoms with E-state index in [0.717, 1.165) is 17.8 Å². The van der Waals surface area contributed by atoms with Crippen LogP contribution in [0.4, 0.5) is 5.69 Å². The molecule has 0 amide bonds. The molecule has 0 unspecified atom stereocenters. The number of phenolic OH excluding ortho intramolecular Hbond substituents is 1. The van der Waals surface area contributed by atoms with E-state index in [1.165, 1.54) is 17.8 Å². The molecular formula is C15H13ClN4O3S. The molecule has 0 fully saturated rings. The van der Waals surface area contributed by atoms with E-state index in [-0.39, 0.29) is 15.8 Å². The molecule has 2 aromatic carbocycles. The molecule has 9 heteroatoms. The van der Waals surface area contributed by atoms with Gasteiger partial charge in [0.1, 0.15) is 0 Å². The molecule has 0 spiro atoms. The van der Waals surface area contributed by atoms with Crippen LogP contribution in [0.1, 0.15) is 11.1 Å². The summed E-state index contributed by atoms with van der Waals surface area (Å²) in [5, 5.41) is 28.5. The van der Waals surface area contributed by atoms with Gasteiger partial charge in [-0.25, -0.2) is 0 Å². The molecule has 0 aliphatic rings. The van der Waals surface area contributed by atoms with E-state index in [4.69, 9.17) is 17.3 Å². The summed E-state index contributed by atoms with van der Waals surface area (Å²) in [6, 6.07) is 12.1. The molecule has 124 valence electrons. The molecule has 0 saturated heterocycles. The minimum atomic E-state index is -0.730. The molecule has 0 atom stereocenters. The highest BCUT2D eigenvalue weighted by molar-refractivity contribution is 8.13. The smallest absolute Gasteiger partial charge is 0.312 e. The summed E-state index contributed by atoms with van der Waals surface area (Å²) in [4.78, 5) is 10.1. The number of nitrogens with two attached hydrogens (primary N) is 1. The van der Waals surface area contributed by atoms with Crippen molar-refractivity contribution in [1.82, 2.24) is 0 Å². The zero-order chi connectivity index (χ0) is 17.5. The second kappa shape index (κ2) is 8.32. The number of hydrogen-bond donors (Lipinski definition) is 2. The average molecular weight is 365 g/mol. The molecule has 24 heavy (non-hydrogen) atoms. The fourth-order valence-corrected chi connectivity index (χ4v) is 2.58. The normalized spacial score (nSPS) is 11.8. The molecule has 3 N–H and O–H groups in total. The van der Waals surface area contributed by atoms with Gasteiger partial charge in [0, 0.05) is 22.4 Å². The summed E-state index contributed by atoms with van der Waals surface area (Å²) in [5.41, 5.74) is 6.41. The van der Waals surface area contributed by atoms with E-state index < -0.39 is 16.4 Å². The van der Waals surface area contributed by atoms with Crippen LogP contribution < -0.4 is 5.73 Å². The van der Waals surface area contributed by atoms with E-state index in [2.05, 4.69) is 10.2 Å². The van der Waals surface area contributed by atoms with Crippen molar-refractivity contribution < 1.29 is 10.0 Å². The van der Waals surface area contributed by atoms with Crippen molar-refractivity contribution >= 4 is 40.4 Å². The third-order valence-corrected chi connectivity index (χ3v) is 3.94. The number of hydrogen-bond acceptors (Lipinski definition) is 6. The molecule has 0 radical (unpaired) electrons. The van der Waals surface area contributed by atoms with Crippen molar-refractivity contribution in [2.45, 2.75) is 5.75 Å². The van der Waals surface area contributed by atoms with Crippen LogP contribution in [0.5, 0.6) is 5.75 Å². The van der Waals surface area contributed by atoms with Gasteiger partial charge in [-0.3, -0.25) is 10.1 Å². The number of amidine groups is 1. The summed E-state index contributed by atoms with van der Waals surface area (Å²) < 4.78 is 0. The van der Waals surface area contributed by atoms with Crippen LogP contribution in [0.3, 0.4) is 0 Å². The van der Waals surface area contributed by atoms with Crippen LogP contribution in [-0.4, -0.2) is 21.4 Å². The van der Waals surface area contributed by atoms with Crippen molar-refractivity contribution in [1.29, 1.82) is 0 Å². The quantitative estimate of drug-likeness (QED) is 0.364. The average Bonchev–Trinajstić information content (AvgIpc) is 2.56. The third-order valence-electron chi connectivity index (χ3n) is 2.86. The Labute approximate surface area is 147 Å². The zero-order valence-corrected chi connectivity index (χ0v) is 13.9. The van der Waals surface area contributed by atoms with Crippen LogP contribution in [0, 0.1) is 10.1 Å². The number of aromatic hydroxyl groups is 1. The van der Waals surface area contributed by atoms with E-state index in [0.29, 0.717) is 5.75 Å². The lowest BCUT2D eigenvalue weighted by Crippen LogP contribution is -2.06. The Morgan fingerprint density at radius 3 is 2.75 bits per heavy atom. The Kier molecular flexibility index (Phi) is 6.16. The Morgan fingerprint density at radius 1 is 1.38 bits per heavy atom. The van der Waals surface area contributed by atoms with Crippen molar-refractivity contribution in [3.63, 3.8) is 0 Å². The van der Waals surface area contributed by atoms with E-state index in [1.807, 2.05) is 30.3 Å². The van der Waals surface area contributed by atoms with Crippen LogP contribution in [0.2, 0.25) is 5.02 Å². The highest BCUT2D eigenvalue weighted by Crippen LogP contribution is 2.32. The number of nitro groups is 1. The molecular weight excluding hydrogens is 352 g/mol. The van der Waals surface area contributed by atoms with Gasteiger partial charge in [0.05, 0.1) is 11.1 Å². The molecule has 2 aromatic rings. The van der Waals surface area contributed by atoms with Gasteiger partial charge in [0.25, 0.3) is 0 Å². The fraction of sp³-hybridized carbons (Fsp3) is 0.0667. The van der Waals surface area contributed by atoms with Gasteiger partial charge < -0.3 is 10.8 Å². The molecule has 2 rings (SSSR count). The summed E-state index contributed by atoms with van der Waals surface area (Å²) >= 11 is 7.08. The number of phenols is 1. The maximum atomic E-state index is 10.8. The first-order valence-electron chi connectivity index (χ1n) is 6.67. The maximum absolute atomic E-state index is 10.8. The Balaban J connectivity index is 2.06. The van der Waals surface area contributed by atoms with Gasteiger partial charge in [-0.2, -0.15) is 5.10 Å². The molecule has 0 saturated carbocycles. The van der Waals surface area contributed by atoms with E-state index in [1.54, 1.807) is 0 Å². The first-order chi connectivity index (χ1) is 11.5. The number of thioether (sulfide) groups is 1. The first kappa shape index (κ1) is 17.8. The fourth-order valence-electron chi connectivity index (χ4n) is 1.75. The predicted octanol–water partition coefficient (Wildman–Crippen LogP) is 3.54. The lowest BCUT2D eigenvalue weighted by Gasteiger charge is -2.01. The lowest BCUT2D eigenvalue weighted by molar-refractivity contribution is -0.385. The number of nitrogens with zero attached hydrogens (tertiary/aromatic N) is 3. The molecule has 0 aliphatic carbocycles. The van der Waals surface area contributed by atoms with Gasteiger partial charge in [-0.1, -0.05) is 53.7 Å². The van der Waals surface area contributed by atoms with Crippen LogP contribution >= 0.6 is 23.4 Å². The Bertz CT molecular complexity index is 797. The standard InChI is InChI=1S/C15H13ClN4O3S/c16-12-6-11(14(21)13(7-12)20(22)23)8-18-19-15(17)24-9-10-4-2-1-3-5-10/h1-8,21H,9H2,(H2,17,19). The summed E-state index contributed by atoms with van der Waals surface area (Å²) in [7, 11) is 0. The Morgan fingerprint density at radius 2 is 2.08 bits per heavy atom.